The van der Waals surface area contributed by atoms with Crippen LogP contribution < -0.4 is 9.80 Å². The fourth-order valence-electron chi connectivity index (χ4n) is 4.31. The fraction of sp³-hybridized carbons (Fsp3) is 0.409. The molecule has 29 heavy (non-hydrogen) atoms. The second-order valence-corrected chi connectivity index (χ2v) is 8.00. The molecule has 0 aliphatic carbocycles. The summed E-state index contributed by atoms with van der Waals surface area (Å²) in [5.41, 5.74) is 1.88. The molecule has 152 valence electrons. The molecule has 0 saturated carbocycles. The Morgan fingerprint density at radius 1 is 1.00 bits per heavy atom. The lowest BCUT2D eigenvalue weighted by Gasteiger charge is -2.38. The van der Waals surface area contributed by atoms with Crippen LogP contribution in [0, 0.1) is 11.7 Å². The molecule has 6 nitrogen and oxygen atoms in total. The normalized spacial score (nSPS) is 16.3. The second-order valence-electron chi connectivity index (χ2n) is 8.00. The van der Waals surface area contributed by atoms with Gasteiger partial charge in [0.2, 0.25) is 5.82 Å². The molecular weight excluding hydrogens is 367 g/mol. The van der Waals surface area contributed by atoms with E-state index in [2.05, 4.69) is 46.4 Å². The molecule has 7 heteroatoms. The van der Waals surface area contributed by atoms with Crippen molar-refractivity contribution >= 4 is 5.69 Å². The highest BCUT2D eigenvalue weighted by atomic mass is 19.1. The van der Waals surface area contributed by atoms with Crippen molar-refractivity contribution in [3.8, 4) is 0 Å². The third-order valence-electron chi connectivity index (χ3n) is 5.72. The van der Waals surface area contributed by atoms with Crippen LogP contribution in [-0.4, -0.2) is 46.4 Å². The average Bonchev–Trinajstić information content (AvgIpc) is 3.17. The van der Waals surface area contributed by atoms with Crippen LogP contribution in [-0.2, 0) is 6.54 Å². The van der Waals surface area contributed by atoms with E-state index >= 15 is 0 Å². The third kappa shape index (κ3) is 4.29. The van der Waals surface area contributed by atoms with Gasteiger partial charge in [0.25, 0.3) is 0 Å². The number of piperazine rings is 1. The number of anilines is 1. The summed E-state index contributed by atoms with van der Waals surface area (Å²) in [6, 6.07) is 17.5. The van der Waals surface area contributed by atoms with Gasteiger partial charge >= 0.3 is 0 Å². The zero-order chi connectivity index (χ0) is 20.2. The number of hydrogen-bond donors (Lipinski definition) is 1. The maximum atomic E-state index is 14.2. The van der Waals surface area contributed by atoms with E-state index in [4.69, 9.17) is 0 Å². The van der Waals surface area contributed by atoms with Crippen molar-refractivity contribution in [3.05, 3.63) is 71.8 Å². The first-order chi connectivity index (χ1) is 14.1. The van der Waals surface area contributed by atoms with E-state index in [1.165, 1.54) is 16.5 Å². The van der Waals surface area contributed by atoms with Gasteiger partial charge in [0.05, 0.1) is 38.4 Å². The number of tetrazole rings is 1. The lowest BCUT2D eigenvalue weighted by atomic mass is 10.0. The van der Waals surface area contributed by atoms with Gasteiger partial charge in [-0.05, 0) is 28.1 Å². The zero-order valence-corrected chi connectivity index (χ0v) is 17.0. The van der Waals surface area contributed by atoms with Crippen LogP contribution in [0.15, 0.2) is 54.6 Å². The number of halogens is 1. The number of para-hydroxylation sites is 1. The minimum Gasteiger partial charge on any atom is -0.358 e. The van der Waals surface area contributed by atoms with Gasteiger partial charge in [-0.3, -0.25) is 0 Å². The second kappa shape index (κ2) is 8.69. The molecule has 0 unspecified atom stereocenters. The summed E-state index contributed by atoms with van der Waals surface area (Å²) in [6.45, 7) is 8.61. The quantitative estimate of drug-likeness (QED) is 0.693. The molecule has 2 heterocycles. The Morgan fingerprint density at radius 2 is 1.69 bits per heavy atom. The summed E-state index contributed by atoms with van der Waals surface area (Å²) < 4.78 is 16.1. The van der Waals surface area contributed by atoms with Crippen molar-refractivity contribution in [2.24, 2.45) is 5.92 Å². The summed E-state index contributed by atoms with van der Waals surface area (Å²) >= 11 is 0. The Kier molecular flexibility index (Phi) is 5.85. The lowest BCUT2D eigenvalue weighted by Crippen LogP contribution is -3.15. The molecule has 2 aromatic carbocycles. The molecular formula is C22H28FN6+. The first-order valence-corrected chi connectivity index (χ1v) is 10.3. The highest BCUT2D eigenvalue weighted by Crippen LogP contribution is 2.20. The van der Waals surface area contributed by atoms with Gasteiger partial charge in [0.1, 0.15) is 5.82 Å². The van der Waals surface area contributed by atoms with E-state index in [0.29, 0.717) is 18.2 Å². The van der Waals surface area contributed by atoms with Gasteiger partial charge in [-0.1, -0.05) is 56.3 Å². The zero-order valence-electron chi connectivity index (χ0n) is 17.0. The largest absolute Gasteiger partial charge is 0.358 e. The van der Waals surface area contributed by atoms with Crippen molar-refractivity contribution in [1.82, 2.24) is 20.2 Å². The van der Waals surface area contributed by atoms with Gasteiger partial charge in [-0.15, -0.1) is 5.10 Å². The Balaban J connectivity index is 1.50. The highest BCUT2D eigenvalue weighted by molar-refractivity contribution is 5.47. The number of benzene rings is 2. The molecule has 1 fully saturated rings. The van der Waals surface area contributed by atoms with Crippen molar-refractivity contribution in [2.75, 3.05) is 31.1 Å². The van der Waals surface area contributed by atoms with Crippen LogP contribution in [0.3, 0.4) is 0 Å². The molecule has 3 aromatic rings. The molecule has 0 spiro atoms. The minimum absolute atomic E-state index is 0.150. The van der Waals surface area contributed by atoms with E-state index in [1.54, 1.807) is 6.07 Å². The van der Waals surface area contributed by atoms with Crippen LogP contribution in [0.4, 0.5) is 10.1 Å². The minimum atomic E-state index is -0.150. The number of aromatic nitrogens is 4. The summed E-state index contributed by atoms with van der Waals surface area (Å²) in [4.78, 5) is 3.60. The first kappa shape index (κ1) is 19.5. The van der Waals surface area contributed by atoms with E-state index in [9.17, 15) is 4.39 Å². The first-order valence-electron chi connectivity index (χ1n) is 10.3. The van der Waals surface area contributed by atoms with E-state index in [-0.39, 0.29) is 11.9 Å². The van der Waals surface area contributed by atoms with Crippen LogP contribution in [0.25, 0.3) is 0 Å². The van der Waals surface area contributed by atoms with Crippen molar-refractivity contribution in [3.63, 3.8) is 0 Å². The fourth-order valence-corrected chi connectivity index (χ4v) is 4.31. The predicted octanol–water partition coefficient (Wildman–Crippen LogP) is 1.96. The standard InChI is InChI=1S/C22H27FN6/c1-17(2)21(22-24-25-26-29(22)16-18-8-4-3-5-9-18)28-14-12-27(13-15-28)20-11-7-6-10-19(20)23/h3-11,17,21H,12-16H2,1-2H3/p+1/t21-/m1/s1. The SMILES string of the molecule is CC(C)[C@H](c1nnnn1Cc1ccccc1)[NH+]1CCN(c2ccccc2F)CC1. The van der Waals surface area contributed by atoms with Crippen LogP contribution in [0.1, 0.15) is 31.3 Å². The predicted molar refractivity (Wildman–Crippen MR) is 110 cm³/mol. The average molecular weight is 396 g/mol. The van der Waals surface area contributed by atoms with Crippen molar-refractivity contribution in [1.29, 1.82) is 0 Å². The van der Waals surface area contributed by atoms with Crippen LogP contribution >= 0.6 is 0 Å². The summed E-state index contributed by atoms with van der Waals surface area (Å²) in [6.07, 6.45) is 0. The van der Waals surface area contributed by atoms with Gasteiger partial charge in [-0.25, -0.2) is 9.07 Å². The Labute approximate surface area is 170 Å². The monoisotopic (exact) mass is 395 g/mol. The number of quaternary nitrogens is 1. The smallest absolute Gasteiger partial charge is 0.209 e. The third-order valence-corrected chi connectivity index (χ3v) is 5.72. The topological polar surface area (TPSA) is 51.3 Å². The van der Waals surface area contributed by atoms with Crippen molar-refractivity contribution in [2.45, 2.75) is 26.4 Å². The summed E-state index contributed by atoms with van der Waals surface area (Å²) in [5, 5.41) is 12.7. The Morgan fingerprint density at radius 3 is 2.38 bits per heavy atom. The Hall–Kier alpha value is -2.80. The molecule has 4 rings (SSSR count). The summed E-state index contributed by atoms with van der Waals surface area (Å²) in [5.74, 6) is 1.17. The Bertz CT molecular complexity index is 918. The number of rotatable bonds is 6. The maximum Gasteiger partial charge on any atom is 0.209 e. The van der Waals surface area contributed by atoms with Gasteiger partial charge < -0.3 is 9.80 Å². The lowest BCUT2D eigenvalue weighted by molar-refractivity contribution is -0.937. The number of nitrogens with one attached hydrogen (secondary N) is 1. The highest BCUT2D eigenvalue weighted by Gasteiger charge is 2.35. The molecule has 1 atom stereocenters. The molecule has 1 N–H and O–H groups in total. The van der Waals surface area contributed by atoms with Gasteiger partial charge in [0, 0.05) is 5.92 Å². The van der Waals surface area contributed by atoms with E-state index in [0.717, 1.165) is 32.0 Å². The van der Waals surface area contributed by atoms with E-state index in [1.807, 2.05) is 35.0 Å². The van der Waals surface area contributed by atoms with Crippen LogP contribution in [0.5, 0.6) is 0 Å². The molecule has 0 radical (unpaired) electrons. The van der Waals surface area contributed by atoms with Gasteiger partial charge in [0.15, 0.2) is 6.04 Å². The maximum absolute atomic E-state index is 14.2. The molecule has 1 aromatic heterocycles. The van der Waals surface area contributed by atoms with Gasteiger partial charge in [-0.2, -0.15) is 0 Å². The number of nitrogens with zero attached hydrogens (tertiary/aromatic N) is 5. The summed E-state index contributed by atoms with van der Waals surface area (Å²) in [7, 11) is 0. The molecule has 1 saturated heterocycles. The molecule has 1 aliphatic heterocycles. The van der Waals surface area contributed by atoms with Crippen LogP contribution in [0.2, 0.25) is 0 Å². The van der Waals surface area contributed by atoms with Crippen molar-refractivity contribution < 1.29 is 9.29 Å². The van der Waals surface area contributed by atoms with E-state index < -0.39 is 0 Å². The number of hydrogen-bond acceptors (Lipinski definition) is 4. The molecule has 0 amide bonds. The molecule has 0 bridgehead atoms. The molecule has 1 aliphatic rings.